The number of halogens is 1. The van der Waals surface area contributed by atoms with E-state index in [9.17, 15) is 4.79 Å². The predicted molar refractivity (Wildman–Crippen MR) is 94.9 cm³/mol. The van der Waals surface area contributed by atoms with Crippen LogP contribution < -0.4 is 10.6 Å². The van der Waals surface area contributed by atoms with Crippen LogP contribution in [-0.2, 0) is 6.54 Å². The van der Waals surface area contributed by atoms with Crippen LogP contribution in [0.3, 0.4) is 0 Å². The van der Waals surface area contributed by atoms with Crippen LogP contribution in [0.15, 0.2) is 65.7 Å². The van der Waals surface area contributed by atoms with E-state index < -0.39 is 0 Å². The molecule has 6 nitrogen and oxygen atoms in total. The lowest BCUT2D eigenvalue weighted by Gasteiger charge is -2.08. The Kier molecular flexibility index (Phi) is 5.12. The van der Waals surface area contributed by atoms with E-state index in [-0.39, 0.29) is 5.91 Å². The van der Waals surface area contributed by atoms with Crippen molar-refractivity contribution in [1.29, 1.82) is 0 Å². The SMILES string of the molecule is O=C(NCc1cccnc1)c1cnc(Nc2ccccc2Br)nc1. The van der Waals surface area contributed by atoms with Crippen molar-refractivity contribution in [3.05, 3.63) is 76.8 Å². The molecule has 0 saturated heterocycles. The second-order valence-corrected chi connectivity index (χ2v) is 5.80. The summed E-state index contributed by atoms with van der Waals surface area (Å²) in [5.41, 5.74) is 2.18. The highest BCUT2D eigenvalue weighted by molar-refractivity contribution is 9.10. The minimum absolute atomic E-state index is 0.230. The summed E-state index contributed by atoms with van der Waals surface area (Å²) in [7, 11) is 0. The van der Waals surface area contributed by atoms with Gasteiger partial charge in [-0.15, -0.1) is 0 Å². The lowest BCUT2D eigenvalue weighted by molar-refractivity contribution is 0.0950. The van der Waals surface area contributed by atoms with Crippen molar-refractivity contribution < 1.29 is 4.79 Å². The smallest absolute Gasteiger partial charge is 0.254 e. The third-order valence-corrected chi connectivity index (χ3v) is 3.90. The molecule has 1 amide bonds. The Balaban J connectivity index is 1.61. The van der Waals surface area contributed by atoms with E-state index in [1.807, 2.05) is 36.4 Å². The van der Waals surface area contributed by atoms with Crippen LogP contribution in [0.25, 0.3) is 0 Å². The van der Waals surface area contributed by atoms with E-state index in [0.29, 0.717) is 18.1 Å². The number of rotatable bonds is 5. The number of aromatic nitrogens is 3. The van der Waals surface area contributed by atoms with Gasteiger partial charge in [0, 0.05) is 35.8 Å². The summed E-state index contributed by atoms with van der Waals surface area (Å²) in [6.07, 6.45) is 6.38. The maximum absolute atomic E-state index is 12.1. The Bertz CT molecular complexity index is 824. The number of nitrogens with zero attached hydrogens (tertiary/aromatic N) is 3. The van der Waals surface area contributed by atoms with Crippen molar-refractivity contribution in [1.82, 2.24) is 20.3 Å². The molecular weight excluding hydrogens is 370 g/mol. The summed E-state index contributed by atoms with van der Waals surface area (Å²) in [6.45, 7) is 0.406. The molecule has 0 saturated carbocycles. The lowest BCUT2D eigenvalue weighted by Crippen LogP contribution is -2.23. The summed E-state index contributed by atoms with van der Waals surface area (Å²) in [5, 5.41) is 5.89. The summed E-state index contributed by atoms with van der Waals surface area (Å²) in [5.74, 6) is 0.192. The van der Waals surface area contributed by atoms with Crippen LogP contribution in [0.2, 0.25) is 0 Å². The summed E-state index contributed by atoms with van der Waals surface area (Å²) < 4.78 is 0.909. The second-order valence-electron chi connectivity index (χ2n) is 4.94. The first-order chi connectivity index (χ1) is 11.7. The number of carbonyl (C=O) groups excluding carboxylic acids is 1. The molecule has 0 aliphatic rings. The van der Waals surface area contributed by atoms with Crippen LogP contribution >= 0.6 is 15.9 Å². The van der Waals surface area contributed by atoms with Gasteiger partial charge in [0.15, 0.2) is 0 Å². The van der Waals surface area contributed by atoms with Crippen LogP contribution in [-0.4, -0.2) is 20.9 Å². The third kappa shape index (κ3) is 4.14. The highest BCUT2D eigenvalue weighted by Crippen LogP contribution is 2.23. The van der Waals surface area contributed by atoms with Crippen molar-refractivity contribution >= 4 is 33.5 Å². The predicted octanol–water partition coefficient (Wildman–Crippen LogP) is 3.31. The molecule has 0 atom stereocenters. The molecule has 2 N–H and O–H groups in total. The quantitative estimate of drug-likeness (QED) is 0.706. The van der Waals surface area contributed by atoms with Crippen molar-refractivity contribution in [2.24, 2.45) is 0 Å². The van der Waals surface area contributed by atoms with E-state index in [1.165, 1.54) is 12.4 Å². The molecule has 0 radical (unpaired) electrons. The number of pyridine rings is 1. The largest absolute Gasteiger partial charge is 0.348 e. The van der Waals surface area contributed by atoms with Crippen LogP contribution in [0.4, 0.5) is 11.6 Å². The first-order valence-corrected chi connectivity index (χ1v) is 8.02. The first-order valence-electron chi connectivity index (χ1n) is 7.23. The monoisotopic (exact) mass is 383 g/mol. The van der Waals surface area contributed by atoms with Gasteiger partial charge in [-0.05, 0) is 39.7 Å². The van der Waals surface area contributed by atoms with Gasteiger partial charge in [-0.25, -0.2) is 9.97 Å². The summed E-state index contributed by atoms with van der Waals surface area (Å²) in [4.78, 5) is 24.5. The molecule has 0 spiro atoms. The molecule has 3 aromatic rings. The number of hydrogen-bond donors (Lipinski definition) is 2. The van der Waals surface area contributed by atoms with Gasteiger partial charge < -0.3 is 10.6 Å². The average Bonchev–Trinajstić information content (AvgIpc) is 2.63. The highest BCUT2D eigenvalue weighted by atomic mass is 79.9. The minimum Gasteiger partial charge on any atom is -0.348 e. The van der Waals surface area contributed by atoms with Crippen molar-refractivity contribution in [2.45, 2.75) is 6.54 Å². The Morgan fingerprint density at radius 3 is 2.54 bits per heavy atom. The van der Waals surface area contributed by atoms with Gasteiger partial charge in [-0.3, -0.25) is 9.78 Å². The number of benzene rings is 1. The standard InChI is InChI=1S/C17H14BrN5O/c18-14-5-1-2-6-15(14)23-17-21-10-13(11-22-17)16(24)20-9-12-4-3-7-19-8-12/h1-8,10-11H,9H2,(H,20,24)(H,21,22,23). The zero-order valence-corrected chi connectivity index (χ0v) is 14.2. The summed E-state index contributed by atoms with van der Waals surface area (Å²) >= 11 is 3.45. The Labute approximate surface area is 147 Å². The van der Waals surface area contributed by atoms with Gasteiger partial charge >= 0.3 is 0 Å². The van der Waals surface area contributed by atoms with Crippen molar-refractivity contribution in [3.8, 4) is 0 Å². The highest BCUT2D eigenvalue weighted by Gasteiger charge is 2.08. The molecule has 0 unspecified atom stereocenters. The fourth-order valence-corrected chi connectivity index (χ4v) is 2.36. The van der Waals surface area contributed by atoms with E-state index in [1.54, 1.807) is 12.4 Å². The van der Waals surface area contributed by atoms with Crippen LogP contribution in [0, 0.1) is 0 Å². The molecule has 1 aromatic carbocycles. The Morgan fingerprint density at radius 1 is 1.04 bits per heavy atom. The Hall–Kier alpha value is -2.80. The fraction of sp³-hybridized carbons (Fsp3) is 0.0588. The number of carbonyl (C=O) groups is 1. The van der Waals surface area contributed by atoms with Gasteiger partial charge in [0.25, 0.3) is 5.91 Å². The Morgan fingerprint density at radius 2 is 1.83 bits per heavy atom. The average molecular weight is 384 g/mol. The van der Waals surface area contributed by atoms with Gasteiger partial charge in [0.2, 0.25) is 5.95 Å². The normalized spacial score (nSPS) is 10.2. The fourth-order valence-electron chi connectivity index (χ4n) is 1.98. The topological polar surface area (TPSA) is 79.8 Å². The molecule has 2 aromatic heterocycles. The molecular formula is C17H14BrN5O. The molecule has 120 valence electrons. The maximum atomic E-state index is 12.1. The number of amides is 1. The number of nitrogens with one attached hydrogen (secondary N) is 2. The van der Waals surface area contributed by atoms with Gasteiger partial charge in [0.1, 0.15) is 0 Å². The van der Waals surface area contributed by atoms with Crippen LogP contribution in [0.1, 0.15) is 15.9 Å². The van der Waals surface area contributed by atoms with Crippen molar-refractivity contribution in [3.63, 3.8) is 0 Å². The molecule has 0 aliphatic carbocycles. The van der Waals surface area contributed by atoms with E-state index in [4.69, 9.17) is 0 Å². The van der Waals surface area contributed by atoms with Gasteiger partial charge in [0.05, 0.1) is 11.3 Å². The molecule has 0 aliphatic heterocycles. The van der Waals surface area contributed by atoms with Gasteiger partial charge in [-0.1, -0.05) is 18.2 Å². The molecule has 7 heteroatoms. The molecule has 2 heterocycles. The third-order valence-electron chi connectivity index (χ3n) is 3.21. The van der Waals surface area contributed by atoms with E-state index in [0.717, 1.165) is 15.7 Å². The minimum atomic E-state index is -0.230. The molecule has 0 fully saturated rings. The first kappa shape index (κ1) is 16.1. The number of para-hydroxylation sites is 1. The number of hydrogen-bond acceptors (Lipinski definition) is 5. The zero-order chi connectivity index (χ0) is 16.8. The van der Waals surface area contributed by atoms with Crippen molar-refractivity contribution in [2.75, 3.05) is 5.32 Å². The maximum Gasteiger partial charge on any atom is 0.254 e. The lowest BCUT2D eigenvalue weighted by atomic mass is 10.2. The number of anilines is 2. The molecule has 3 rings (SSSR count). The molecule has 0 bridgehead atoms. The zero-order valence-electron chi connectivity index (χ0n) is 12.6. The molecule has 24 heavy (non-hydrogen) atoms. The van der Waals surface area contributed by atoms with Crippen LogP contribution in [0.5, 0.6) is 0 Å². The van der Waals surface area contributed by atoms with Gasteiger partial charge in [-0.2, -0.15) is 0 Å². The van der Waals surface area contributed by atoms with E-state index >= 15 is 0 Å². The van der Waals surface area contributed by atoms with E-state index in [2.05, 4.69) is 41.5 Å². The second kappa shape index (κ2) is 7.65. The summed E-state index contributed by atoms with van der Waals surface area (Å²) in [6, 6.07) is 11.4.